The topological polar surface area (TPSA) is 53.7 Å². The fourth-order valence-electron chi connectivity index (χ4n) is 1.51. The maximum absolute atomic E-state index is 9.27. The number of nitrogens with zero attached hydrogens (tertiary/aromatic N) is 4. The molecule has 2 aromatic heterocycles. The average Bonchev–Trinajstić information content (AvgIpc) is 2.62. The first-order valence-electron chi connectivity index (χ1n) is 4.86. The van der Waals surface area contributed by atoms with Gasteiger partial charge in [0.2, 0.25) is 0 Å². The highest BCUT2D eigenvalue weighted by Gasteiger charge is 2.06. The fraction of sp³-hybridized carbons (Fsp3) is 0.400. The predicted molar refractivity (Wildman–Crippen MR) is 57.9 cm³/mol. The van der Waals surface area contributed by atoms with Crippen molar-refractivity contribution in [1.82, 2.24) is 14.6 Å². The molecule has 0 amide bonds. The van der Waals surface area contributed by atoms with E-state index in [9.17, 15) is 5.11 Å². The molecule has 0 saturated carbocycles. The summed E-state index contributed by atoms with van der Waals surface area (Å²) in [6.07, 6.45) is 3.20. The summed E-state index contributed by atoms with van der Waals surface area (Å²) < 4.78 is 1.71. The van der Waals surface area contributed by atoms with Gasteiger partial charge in [0.15, 0.2) is 5.65 Å². The van der Waals surface area contributed by atoms with Crippen LogP contribution in [0.5, 0.6) is 0 Å². The Kier molecular flexibility index (Phi) is 2.55. The van der Waals surface area contributed by atoms with E-state index in [2.05, 4.69) is 10.1 Å². The minimum atomic E-state index is -0.363. The van der Waals surface area contributed by atoms with Crippen LogP contribution < -0.4 is 4.90 Å². The SMILES string of the molecule is CC(O)CN(C)c1ccn2nccc2n1. The van der Waals surface area contributed by atoms with E-state index < -0.39 is 0 Å². The Labute approximate surface area is 88.0 Å². The highest BCUT2D eigenvalue weighted by atomic mass is 16.3. The molecular formula is C10H14N4O. The molecular weight excluding hydrogens is 192 g/mol. The third-order valence-electron chi connectivity index (χ3n) is 2.17. The van der Waals surface area contributed by atoms with Crippen LogP contribution in [0.1, 0.15) is 6.92 Å². The monoisotopic (exact) mass is 206 g/mol. The summed E-state index contributed by atoms with van der Waals surface area (Å²) in [6.45, 7) is 2.32. The van der Waals surface area contributed by atoms with Gasteiger partial charge in [-0.25, -0.2) is 9.50 Å². The quantitative estimate of drug-likeness (QED) is 0.796. The minimum Gasteiger partial charge on any atom is -0.392 e. The number of anilines is 1. The van der Waals surface area contributed by atoms with Crippen LogP contribution in [0.4, 0.5) is 5.82 Å². The molecule has 0 radical (unpaired) electrons. The van der Waals surface area contributed by atoms with Crippen molar-refractivity contribution in [1.29, 1.82) is 0 Å². The number of aromatic nitrogens is 3. The van der Waals surface area contributed by atoms with Gasteiger partial charge < -0.3 is 10.0 Å². The number of fused-ring (bicyclic) bond motifs is 1. The molecule has 2 heterocycles. The molecule has 1 atom stereocenters. The Hall–Kier alpha value is -1.62. The summed E-state index contributed by atoms with van der Waals surface area (Å²) in [7, 11) is 1.90. The van der Waals surface area contributed by atoms with Crippen molar-refractivity contribution in [3.63, 3.8) is 0 Å². The van der Waals surface area contributed by atoms with Crippen LogP contribution in [-0.4, -0.2) is 39.4 Å². The van der Waals surface area contributed by atoms with Gasteiger partial charge in [0.05, 0.1) is 12.3 Å². The molecule has 80 valence electrons. The third kappa shape index (κ3) is 2.07. The molecule has 0 spiro atoms. The smallest absolute Gasteiger partial charge is 0.157 e. The number of likely N-dealkylation sites (N-methyl/N-ethyl adjacent to an activating group) is 1. The van der Waals surface area contributed by atoms with Crippen LogP contribution in [0.25, 0.3) is 5.65 Å². The van der Waals surface area contributed by atoms with Gasteiger partial charge in [-0.15, -0.1) is 0 Å². The average molecular weight is 206 g/mol. The van der Waals surface area contributed by atoms with Crippen LogP contribution in [-0.2, 0) is 0 Å². The van der Waals surface area contributed by atoms with E-state index in [-0.39, 0.29) is 6.10 Å². The second-order valence-electron chi connectivity index (χ2n) is 3.65. The highest BCUT2D eigenvalue weighted by Crippen LogP contribution is 2.10. The summed E-state index contributed by atoms with van der Waals surface area (Å²) in [5, 5.41) is 13.3. The van der Waals surface area contributed by atoms with Crippen molar-refractivity contribution >= 4 is 11.5 Å². The Bertz CT molecular complexity index is 451. The lowest BCUT2D eigenvalue weighted by Gasteiger charge is -2.19. The predicted octanol–water partition coefficient (Wildman–Crippen LogP) is 0.546. The van der Waals surface area contributed by atoms with Gasteiger partial charge in [-0.1, -0.05) is 0 Å². The van der Waals surface area contributed by atoms with Gasteiger partial charge in [0.25, 0.3) is 0 Å². The van der Waals surface area contributed by atoms with E-state index in [0.29, 0.717) is 6.54 Å². The summed E-state index contributed by atoms with van der Waals surface area (Å²) in [4.78, 5) is 6.32. The van der Waals surface area contributed by atoms with Gasteiger partial charge in [-0.3, -0.25) is 0 Å². The zero-order valence-corrected chi connectivity index (χ0v) is 8.83. The maximum atomic E-state index is 9.27. The lowest BCUT2D eigenvalue weighted by atomic mass is 10.3. The first kappa shape index (κ1) is 9.92. The molecule has 1 N–H and O–H groups in total. The summed E-state index contributed by atoms with van der Waals surface area (Å²) in [5.41, 5.74) is 0.810. The zero-order valence-electron chi connectivity index (χ0n) is 8.83. The van der Waals surface area contributed by atoms with E-state index in [1.54, 1.807) is 17.6 Å². The number of rotatable bonds is 3. The Morgan fingerprint density at radius 2 is 2.33 bits per heavy atom. The van der Waals surface area contributed by atoms with E-state index in [1.165, 1.54) is 0 Å². The molecule has 0 aliphatic carbocycles. The van der Waals surface area contributed by atoms with Crippen LogP contribution in [0.15, 0.2) is 24.5 Å². The van der Waals surface area contributed by atoms with Crippen molar-refractivity contribution in [2.75, 3.05) is 18.5 Å². The lowest BCUT2D eigenvalue weighted by molar-refractivity contribution is 0.201. The van der Waals surface area contributed by atoms with Gasteiger partial charge in [0.1, 0.15) is 5.82 Å². The highest BCUT2D eigenvalue weighted by molar-refractivity contribution is 5.46. The number of aliphatic hydroxyl groups excluding tert-OH is 1. The summed E-state index contributed by atoms with van der Waals surface area (Å²) >= 11 is 0. The number of aliphatic hydroxyl groups is 1. The molecule has 2 rings (SSSR count). The molecule has 0 bridgehead atoms. The van der Waals surface area contributed by atoms with Crippen molar-refractivity contribution < 1.29 is 5.11 Å². The van der Waals surface area contributed by atoms with Gasteiger partial charge >= 0.3 is 0 Å². The van der Waals surface area contributed by atoms with Crippen LogP contribution >= 0.6 is 0 Å². The lowest BCUT2D eigenvalue weighted by Crippen LogP contribution is -2.27. The molecule has 0 aliphatic rings. The van der Waals surface area contributed by atoms with Crippen LogP contribution in [0.3, 0.4) is 0 Å². The van der Waals surface area contributed by atoms with E-state index >= 15 is 0 Å². The zero-order chi connectivity index (χ0) is 10.8. The largest absolute Gasteiger partial charge is 0.392 e. The van der Waals surface area contributed by atoms with Gasteiger partial charge in [0, 0.05) is 25.9 Å². The van der Waals surface area contributed by atoms with Gasteiger partial charge in [-0.2, -0.15) is 5.10 Å². The van der Waals surface area contributed by atoms with Crippen molar-refractivity contribution in [3.05, 3.63) is 24.5 Å². The van der Waals surface area contributed by atoms with Crippen molar-refractivity contribution in [2.24, 2.45) is 0 Å². The molecule has 0 aliphatic heterocycles. The number of hydrogen-bond acceptors (Lipinski definition) is 4. The second-order valence-corrected chi connectivity index (χ2v) is 3.65. The minimum absolute atomic E-state index is 0.363. The molecule has 5 nitrogen and oxygen atoms in total. The third-order valence-corrected chi connectivity index (χ3v) is 2.17. The maximum Gasteiger partial charge on any atom is 0.157 e. The Balaban J connectivity index is 2.27. The molecule has 15 heavy (non-hydrogen) atoms. The first-order chi connectivity index (χ1) is 7.16. The summed E-state index contributed by atoms with van der Waals surface area (Å²) in [5.74, 6) is 0.837. The normalized spacial score (nSPS) is 13.0. The van der Waals surface area contributed by atoms with Gasteiger partial charge in [-0.05, 0) is 13.0 Å². The molecule has 0 aromatic carbocycles. The molecule has 0 fully saturated rings. The molecule has 1 unspecified atom stereocenters. The standard InChI is InChI=1S/C10H14N4O/c1-8(15)7-13(2)9-4-6-14-10(12-9)3-5-11-14/h3-6,8,15H,7H2,1-2H3. The second kappa shape index (κ2) is 3.86. The van der Waals surface area contributed by atoms with E-state index in [4.69, 9.17) is 0 Å². The molecule has 5 heteroatoms. The first-order valence-corrected chi connectivity index (χ1v) is 4.86. The molecule has 2 aromatic rings. The van der Waals surface area contributed by atoms with Crippen molar-refractivity contribution in [2.45, 2.75) is 13.0 Å². The van der Waals surface area contributed by atoms with Crippen LogP contribution in [0, 0.1) is 0 Å². The van der Waals surface area contributed by atoms with E-state index in [0.717, 1.165) is 11.5 Å². The fourth-order valence-corrected chi connectivity index (χ4v) is 1.51. The van der Waals surface area contributed by atoms with E-state index in [1.807, 2.05) is 30.3 Å². The molecule has 0 saturated heterocycles. The van der Waals surface area contributed by atoms with Crippen molar-refractivity contribution in [3.8, 4) is 0 Å². The van der Waals surface area contributed by atoms with Crippen LogP contribution in [0.2, 0.25) is 0 Å². The Morgan fingerprint density at radius 1 is 1.53 bits per heavy atom. The summed E-state index contributed by atoms with van der Waals surface area (Å²) in [6, 6.07) is 3.72. The Morgan fingerprint density at radius 3 is 3.07 bits per heavy atom. The number of hydrogen-bond donors (Lipinski definition) is 1.